The van der Waals surface area contributed by atoms with Gasteiger partial charge < -0.3 is 10.2 Å². The number of anilines is 1. The van der Waals surface area contributed by atoms with Crippen molar-refractivity contribution in [2.75, 3.05) is 25.5 Å². The normalized spacial score (nSPS) is 19.4. The summed E-state index contributed by atoms with van der Waals surface area (Å²) in [6.07, 6.45) is 4.00. The van der Waals surface area contributed by atoms with Crippen molar-refractivity contribution in [2.45, 2.75) is 25.3 Å². The second kappa shape index (κ2) is 6.77. The summed E-state index contributed by atoms with van der Waals surface area (Å²) in [5, 5.41) is 3.67. The summed E-state index contributed by atoms with van der Waals surface area (Å²) in [4.78, 5) is 2.49. The quantitative estimate of drug-likeness (QED) is 0.900. The molecule has 2 nitrogen and oxygen atoms in total. The number of hydrogen-bond acceptors (Lipinski definition) is 2. The van der Waals surface area contributed by atoms with E-state index in [4.69, 9.17) is 0 Å². The molecule has 0 spiro atoms. The molecule has 1 fully saturated rings. The highest BCUT2D eigenvalue weighted by molar-refractivity contribution is 5.77. The fourth-order valence-electron chi connectivity index (χ4n) is 3.14. The van der Waals surface area contributed by atoms with Crippen molar-refractivity contribution in [1.82, 2.24) is 4.90 Å². The van der Waals surface area contributed by atoms with Crippen molar-refractivity contribution < 1.29 is 0 Å². The Morgan fingerprint density at radius 3 is 2.57 bits per heavy atom. The van der Waals surface area contributed by atoms with Crippen LogP contribution in [0.2, 0.25) is 0 Å². The topological polar surface area (TPSA) is 15.3 Å². The van der Waals surface area contributed by atoms with E-state index in [9.17, 15) is 0 Å². The Morgan fingerprint density at radius 1 is 1.00 bits per heavy atom. The molecule has 0 aromatic heterocycles. The highest BCUT2D eigenvalue weighted by Gasteiger charge is 2.18. The van der Waals surface area contributed by atoms with Gasteiger partial charge in [0.25, 0.3) is 0 Å². The molecule has 0 saturated carbocycles. The van der Waals surface area contributed by atoms with Gasteiger partial charge in [-0.05, 0) is 38.1 Å². The number of para-hydroxylation sites is 1. The van der Waals surface area contributed by atoms with Gasteiger partial charge in [0.05, 0.1) is 0 Å². The van der Waals surface area contributed by atoms with E-state index in [1.54, 1.807) is 0 Å². The highest BCUT2D eigenvalue weighted by atomic mass is 15.2. The van der Waals surface area contributed by atoms with Crippen LogP contribution >= 0.6 is 0 Å². The second-order valence-corrected chi connectivity index (χ2v) is 5.92. The van der Waals surface area contributed by atoms with Gasteiger partial charge in [-0.15, -0.1) is 0 Å². The van der Waals surface area contributed by atoms with E-state index in [1.807, 2.05) is 0 Å². The summed E-state index contributed by atoms with van der Waals surface area (Å²) in [5.74, 6) is 0. The van der Waals surface area contributed by atoms with Crippen LogP contribution in [0.1, 0.15) is 19.3 Å². The molecule has 0 bridgehead atoms. The lowest BCUT2D eigenvalue weighted by Gasteiger charge is -2.33. The molecule has 0 radical (unpaired) electrons. The van der Waals surface area contributed by atoms with Crippen molar-refractivity contribution in [3.8, 4) is 11.1 Å². The molecule has 21 heavy (non-hydrogen) atoms. The Morgan fingerprint density at radius 2 is 1.76 bits per heavy atom. The van der Waals surface area contributed by atoms with Crippen LogP contribution in [-0.4, -0.2) is 31.1 Å². The monoisotopic (exact) mass is 280 g/mol. The average Bonchev–Trinajstić information content (AvgIpc) is 2.55. The van der Waals surface area contributed by atoms with Gasteiger partial charge in [0.1, 0.15) is 0 Å². The zero-order valence-corrected chi connectivity index (χ0v) is 12.8. The van der Waals surface area contributed by atoms with Gasteiger partial charge in [-0.25, -0.2) is 0 Å². The fraction of sp³-hybridized carbons (Fsp3) is 0.368. The predicted molar refractivity (Wildman–Crippen MR) is 90.6 cm³/mol. The zero-order valence-electron chi connectivity index (χ0n) is 12.8. The first-order chi connectivity index (χ1) is 10.3. The van der Waals surface area contributed by atoms with Gasteiger partial charge in [0.15, 0.2) is 0 Å². The van der Waals surface area contributed by atoms with Crippen molar-refractivity contribution in [3.05, 3.63) is 54.6 Å². The Balaban J connectivity index is 1.74. The maximum Gasteiger partial charge on any atom is 0.0420 e. The van der Waals surface area contributed by atoms with Crippen LogP contribution in [0.5, 0.6) is 0 Å². The number of benzene rings is 2. The third-order valence-electron chi connectivity index (χ3n) is 4.46. The molecule has 110 valence electrons. The van der Waals surface area contributed by atoms with Crippen molar-refractivity contribution >= 4 is 5.69 Å². The van der Waals surface area contributed by atoms with Crippen LogP contribution in [0, 0.1) is 0 Å². The summed E-state index contributed by atoms with van der Waals surface area (Å²) in [5.41, 5.74) is 3.80. The van der Waals surface area contributed by atoms with E-state index in [0.717, 1.165) is 6.54 Å². The molecule has 0 amide bonds. The van der Waals surface area contributed by atoms with Crippen LogP contribution in [-0.2, 0) is 0 Å². The van der Waals surface area contributed by atoms with E-state index < -0.39 is 0 Å². The molecule has 0 aliphatic carbocycles. The van der Waals surface area contributed by atoms with E-state index in [1.165, 1.54) is 42.6 Å². The lowest BCUT2D eigenvalue weighted by Crippen LogP contribution is -2.40. The van der Waals surface area contributed by atoms with E-state index in [2.05, 4.69) is 71.9 Å². The lowest BCUT2D eigenvalue weighted by atomic mass is 10.0. The largest absolute Gasteiger partial charge is 0.383 e. The average molecular weight is 280 g/mol. The maximum atomic E-state index is 3.67. The van der Waals surface area contributed by atoms with Gasteiger partial charge in [0.2, 0.25) is 0 Å². The predicted octanol–water partition coefficient (Wildman–Crippen LogP) is 4.25. The molecule has 1 atom stereocenters. The Labute approximate surface area is 127 Å². The second-order valence-electron chi connectivity index (χ2n) is 5.92. The Kier molecular flexibility index (Phi) is 4.56. The van der Waals surface area contributed by atoms with E-state index in [-0.39, 0.29) is 0 Å². The number of rotatable bonds is 4. The van der Waals surface area contributed by atoms with Gasteiger partial charge in [-0.1, -0.05) is 55.0 Å². The minimum Gasteiger partial charge on any atom is -0.383 e. The van der Waals surface area contributed by atoms with Gasteiger partial charge >= 0.3 is 0 Å². The van der Waals surface area contributed by atoms with E-state index in [0.29, 0.717) is 6.04 Å². The first kappa shape index (κ1) is 14.2. The van der Waals surface area contributed by atoms with Crippen molar-refractivity contribution in [2.24, 2.45) is 0 Å². The summed E-state index contributed by atoms with van der Waals surface area (Å²) < 4.78 is 0. The molecule has 1 unspecified atom stereocenters. The minimum atomic E-state index is 0.655. The highest BCUT2D eigenvalue weighted by Crippen LogP contribution is 2.28. The van der Waals surface area contributed by atoms with Crippen molar-refractivity contribution in [1.29, 1.82) is 0 Å². The Hall–Kier alpha value is -1.80. The molecular weight excluding hydrogens is 256 g/mol. The fourth-order valence-corrected chi connectivity index (χ4v) is 3.14. The lowest BCUT2D eigenvalue weighted by molar-refractivity contribution is 0.194. The number of piperidine rings is 1. The first-order valence-corrected chi connectivity index (χ1v) is 7.93. The molecule has 1 heterocycles. The standard InChI is InChI=1S/C19H24N2/c1-21-14-8-7-11-17(21)15-20-19-13-6-5-12-18(19)16-9-3-2-4-10-16/h2-6,9-10,12-13,17,20H,7-8,11,14-15H2,1H3. The van der Waals surface area contributed by atoms with Gasteiger partial charge in [0, 0.05) is 23.8 Å². The van der Waals surface area contributed by atoms with Crippen LogP contribution in [0.4, 0.5) is 5.69 Å². The number of nitrogens with one attached hydrogen (secondary N) is 1. The third kappa shape index (κ3) is 3.45. The van der Waals surface area contributed by atoms with E-state index >= 15 is 0 Å². The molecular formula is C19H24N2. The molecule has 2 heteroatoms. The smallest absolute Gasteiger partial charge is 0.0420 e. The molecule has 1 aliphatic heterocycles. The maximum absolute atomic E-state index is 3.67. The zero-order chi connectivity index (χ0) is 14.5. The molecule has 3 rings (SSSR count). The summed E-state index contributed by atoms with van der Waals surface area (Å²) in [6, 6.07) is 19.9. The van der Waals surface area contributed by atoms with Crippen molar-refractivity contribution in [3.63, 3.8) is 0 Å². The number of hydrogen-bond donors (Lipinski definition) is 1. The summed E-state index contributed by atoms with van der Waals surface area (Å²) in [6.45, 7) is 2.26. The number of likely N-dealkylation sites (N-methyl/N-ethyl adjacent to an activating group) is 1. The van der Waals surface area contributed by atoms with Crippen LogP contribution in [0.25, 0.3) is 11.1 Å². The minimum absolute atomic E-state index is 0.655. The number of likely N-dealkylation sites (tertiary alicyclic amines) is 1. The van der Waals surface area contributed by atoms with Crippen LogP contribution < -0.4 is 5.32 Å². The molecule has 1 N–H and O–H groups in total. The molecule has 2 aromatic carbocycles. The third-order valence-corrected chi connectivity index (χ3v) is 4.46. The first-order valence-electron chi connectivity index (χ1n) is 7.93. The summed E-state index contributed by atoms with van der Waals surface area (Å²) >= 11 is 0. The van der Waals surface area contributed by atoms with Gasteiger partial charge in [-0.3, -0.25) is 0 Å². The summed E-state index contributed by atoms with van der Waals surface area (Å²) in [7, 11) is 2.24. The number of nitrogens with zero attached hydrogens (tertiary/aromatic N) is 1. The SMILES string of the molecule is CN1CCCCC1CNc1ccccc1-c1ccccc1. The molecule has 2 aromatic rings. The Bertz CT molecular complexity index is 565. The van der Waals surface area contributed by atoms with Gasteiger partial charge in [-0.2, -0.15) is 0 Å². The van der Waals surface area contributed by atoms with Crippen LogP contribution in [0.15, 0.2) is 54.6 Å². The molecule has 1 aliphatic rings. The molecule has 1 saturated heterocycles. The van der Waals surface area contributed by atoms with Crippen LogP contribution in [0.3, 0.4) is 0 Å².